The van der Waals surface area contributed by atoms with Crippen molar-refractivity contribution in [3.63, 3.8) is 0 Å². The van der Waals surface area contributed by atoms with Gasteiger partial charge in [-0.2, -0.15) is 0 Å². The van der Waals surface area contributed by atoms with Crippen LogP contribution in [0.3, 0.4) is 0 Å². The van der Waals surface area contributed by atoms with Crippen LogP contribution in [0.25, 0.3) is 10.8 Å². The fourth-order valence-electron chi connectivity index (χ4n) is 2.13. The summed E-state index contributed by atoms with van der Waals surface area (Å²) in [7, 11) is 0. The average Bonchev–Trinajstić information content (AvgIpc) is 2.37. The molecule has 0 radical (unpaired) electrons. The number of fused-ring (bicyclic) bond motifs is 1. The van der Waals surface area contributed by atoms with Gasteiger partial charge in [0.25, 0.3) is 0 Å². The number of nitrogens with two attached hydrogens (primary N) is 1. The molecule has 2 N–H and O–H groups in total. The Bertz CT molecular complexity index is 521. The van der Waals surface area contributed by atoms with Crippen LogP contribution in [0.5, 0.6) is 0 Å². The maximum Gasteiger partial charge on any atom is 0.150 e. The number of hydrogen-bond donors (Lipinski definition) is 1. The fraction of sp³-hybridized carbons (Fsp3) is 0.333. The molecular weight excluding hydrogens is 213 g/mol. The van der Waals surface area contributed by atoms with E-state index in [1.165, 1.54) is 0 Å². The highest BCUT2D eigenvalue weighted by molar-refractivity contribution is 5.83. The molecule has 0 aromatic heterocycles. The maximum atomic E-state index is 14.8. The molecule has 0 aliphatic heterocycles. The van der Waals surface area contributed by atoms with Crippen molar-refractivity contribution in [3.8, 4) is 0 Å². The normalized spacial score (nSPS) is 15.1. The third kappa shape index (κ3) is 2.05. The smallest absolute Gasteiger partial charge is 0.150 e. The highest BCUT2D eigenvalue weighted by atomic mass is 19.1. The number of hydrogen-bond acceptors (Lipinski definition) is 1. The van der Waals surface area contributed by atoms with Gasteiger partial charge in [0.05, 0.1) is 0 Å². The van der Waals surface area contributed by atoms with Crippen molar-refractivity contribution in [2.24, 2.45) is 11.7 Å². The summed E-state index contributed by atoms with van der Waals surface area (Å²) in [6.07, 6.45) is 0. The molecule has 1 nitrogen and oxygen atoms in total. The summed E-state index contributed by atoms with van der Waals surface area (Å²) in [4.78, 5) is 0. The monoisotopic (exact) mass is 231 g/mol. The van der Waals surface area contributed by atoms with Gasteiger partial charge in [0.15, 0.2) is 0 Å². The molecule has 0 saturated carbocycles. The van der Waals surface area contributed by atoms with Crippen molar-refractivity contribution < 1.29 is 4.39 Å². The quantitative estimate of drug-likeness (QED) is 0.857. The highest BCUT2D eigenvalue weighted by Crippen LogP contribution is 2.34. The van der Waals surface area contributed by atoms with Crippen molar-refractivity contribution in [1.29, 1.82) is 0 Å². The standard InChI is InChI=1S/C15H18FN/c1-11(2)15(16,10-17)14-8-7-12-5-3-4-6-13(12)9-14/h3-9,11H,10,17H2,1-2H3. The Labute approximate surface area is 101 Å². The van der Waals surface area contributed by atoms with Gasteiger partial charge in [-0.3, -0.25) is 0 Å². The van der Waals surface area contributed by atoms with E-state index >= 15 is 0 Å². The summed E-state index contributed by atoms with van der Waals surface area (Å²) in [6, 6.07) is 13.7. The van der Waals surface area contributed by atoms with Crippen LogP contribution in [0, 0.1) is 5.92 Å². The molecule has 17 heavy (non-hydrogen) atoms. The molecule has 0 aliphatic carbocycles. The summed E-state index contributed by atoms with van der Waals surface area (Å²) < 4.78 is 14.8. The lowest BCUT2D eigenvalue weighted by Crippen LogP contribution is -2.35. The molecule has 0 heterocycles. The zero-order chi connectivity index (χ0) is 12.5. The lowest BCUT2D eigenvalue weighted by Gasteiger charge is -2.28. The first-order valence-electron chi connectivity index (χ1n) is 5.96. The van der Waals surface area contributed by atoms with Gasteiger partial charge in [-0.05, 0) is 28.3 Å². The van der Waals surface area contributed by atoms with Gasteiger partial charge in [-0.1, -0.05) is 50.2 Å². The van der Waals surface area contributed by atoms with E-state index in [4.69, 9.17) is 5.73 Å². The predicted molar refractivity (Wildman–Crippen MR) is 70.6 cm³/mol. The molecule has 2 heteroatoms. The molecule has 90 valence electrons. The molecule has 0 aliphatic rings. The topological polar surface area (TPSA) is 26.0 Å². The van der Waals surface area contributed by atoms with Gasteiger partial charge < -0.3 is 5.73 Å². The number of alkyl halides is 1. The van der Waals surface area contributed by atoms with Crippen molar-refractivity contribution in [3.05, 3.63) is 48.0 Å². The fourth-order valence-corrected chi connectivity index (χ4v) is 2.13. The number of halogens is 1. The first kappa shape index (κ1) is 12.1. The van der Waals surface area contributed by atoms with Crippen LogP contribution in [0.1, 0.15) is 19.4 Å². The minimum Gasteiger partial charge on any atom is -0.327 e. The molecule has 0 amide bonds. The molecular formula is C15H18FN. The zero-order valence-corrected chi connectivity index (χ0v) is 10.3. The Kier molecular flexibility index (Phi) is 3.16. The van der Waals surface area contributed by atoms with E-state index in [9.17, 15) is 4.39 Å². The average molecular weight is 231 g/mol. The van der Waals surface area contributed by atoms with E-state index in [1.54, 1.807) is 0 Å². The molecule has 0 saturated heterocycles. The van der Waals surface area contributed by atoms with Crippen LogP contribution in [-0.2, 0) is 5.67 Å². The van der Waals surface area contributed by atoms with Crippen LogP contribution in [0.2, 0.25) is 0 Å². The van der Waals surface area contributed by atoms with Gasteiger partial charge in [0, 0.05) is 6.54 Å². The molecule has 2 rings (SSSR count). The van der Waals surface area contributed by atoms with E-state index < -0.39 is 5.67 Å². The third-order valence-corrected chi connectivity index (χ3v) is 3.44. The van der Waals surface area contributed by atoms with Crippen molar-refractivity contribution in [2.75, 3.05) is 6.54 Å². The van der Waals surface area contributed by atoms with Crippen molar-refractivity contribution in [2.45, 2.75) is 19.5 Å². The van der Waals surface area contributed by atoms with Gasteiger partial charge in [0.2, 0.25) is 0 Å². The van der Waals surface area contributed by atoms with Crippen LogP contribution in [0.15, 0.2) is 42.5 Å². The van der Waals surface area contributed by atoms with Crippen LogP contribution < -0.4 is 5.73 Å². The Balaban J connectivity index is 2.55. The largest absolute Gasteiger partial charge is 0.327 e. The summed E-state index contributed by atoms with van der Waals surface area (Å²) in [5.41, 5.74) is 4.84. The zero-order valence-electron chi connectivity index (χ0n) is 10.3. The van der Waals surface area contributed by atoms with Gasteiger partial charge >= 0.3 is 0 Å². The molecule has 1 atom stereocenters. The molecule has 2 aromatic carbocycles. The van der Waals surface area contributed by atoms with Crippen LogP contribution in [-0.4, -0.2) is 6.54 Å². The Morgan fingerprint density at radius 1 is 1.12 bits per heavy atom. The molecule has 0 spiro atoms. The predicted octanol–water partition coefficient (Wildman–Crippen LogP) is 3.62. The molecule has 0 bridgehead atoms. The first-order chi connectivity index (χ1) is 8.08. The van der Waals surface area contributed by atoms with E-state index in [0.717, 1.165) is 10.8 Å². The lowest BCUT2D eigenvalue weighted by atomic mass is 9.84. The van der Waals surface area contributed by atoms with E-state index in [1.807, 2.05) is 56.3 Å². The second-order valence-electron chi connectivity index (χ2n) is 4.78. The number of benzene rings is 2. The third-order valence-electron chi connectivity index (χ3n) is 3.44. The minimum atomic E-state index is -1.44. The Hall–Kier alpha value is -1.41. The molecule has 2 aromatic rings. The van der Waals surface area contributed by atoms with E-state index in [2.05, 4.69) is 0 Å². The highest BCUT2D eigenvalue weighted by Gasteiger charge is 2.34. The SMILES string of the molecule is CC(C)C(F)(CN)c1ccc2ccccc2c1. The molecule has 0 fully saturated rings. The second kappa shape index (κ2) is 4.46. The second-order valence-corrected chi connectivity index (χ2v) is 4.78. The summed E-state index contributed by atoms with van der Waals surface area (Å²) in [6.45, 7) is 3.74. The van der Waals surface area contributed by atoms with Crippen LogP contribution in [0.4, 0.5) is 4.39 Å². The van der Waals surface area contributed by atoms with Gasteiger partial charge in [0.1, 0.15) is 5.67 Å². The molecule has 1 unspecified atom stereocenters. The summed E-state index contributed by atoms with van der Waals surface area (Å²) in [5.74, 6) is -0.131. The van der Waals surface area contributed by atoms with Gasteiger partial charge in [-0.25, -0.2) is 4.39 Å². The van der Waals surface area contributed by atoms with Gasteiger partial charge in [-0.15, -0.1) is 0 Å². The summed E-state index contributed by atoms with van der Waals surface area (Å²) in [5, 5.41) is 2.18. The number of rotatable bonds is 3. The van der Waals surface area contributed by atoms with Crippen molar-refractivity contribution in [1.82, 2.24) is 0 Å². The Morgan fingerprint density at radius 3 is 2.35 bits per heavy atom. The Morgan fingerprint density at radius 2 is 1.76 bits per heavy atom. The van der Waals surface area contributed by atoms with Crippen molar-refractivity contribution >= 4 is 10.8 Å². The van der Waals surface area contributed by atoms with E-state index in [-0.39, 0.29) is 12.5 Å². The van der Waals surface area contributed by atoms with E-state index in [0.29, 0.717) is 5.56 Å². The minimum absolute atomic E-state index is 0.0169. The lowest BCUT2D eigenvalue weighted by molar-refractivity contribution is 0.109. The van der Waals surface area contributed by atoms with Crippen LogP contribution >= 0.6 is 0 Å². The maximum absolute atomic E-state index is 14.8. The first-order valence-corrected chi connectivity index (χ1v) is 5.96. The summed E-state index contributed by atoms with van der Waals surface area (Å²) >= 11 is 0.